The van der Waals surface area contributed by atoms with Crippen LogP contribution in [0.3, 0.4) is 0 Å². The van der Waals surface area contributed by atoms with E-state index in [4.69, 9.17) is 5.11 Å². The van der Waals surface area contributed by atoms with Crippen LogP contribution >= 0.6 is 11.8 Å². The lowest BCUT2D eigenvalue weighted by Crippen LogP contribution is -2.50. The molecule has 1 fully saturated rings. The molecule has 0 bridgehead atoms. The van der Waals surface area contributed by atoms with Crippen molar-refractivity contribution in [2.75, 3.05) is 18.8 Å². The number of carbonyl (C=O) groups excluding carboxylic acids is 2. The van der Waals surface area contributed by atoms with Crippen molar-refractivity contribution in [1.82, 2.24) is 15.5 Å². The highest BCUT2D eigenvalue weighted by atomic mass is 32.2. The normalized spacial score (nSPS) is 22.1. The Bertz CT molecular complexity index is 364. The van der Waals surface area contributed by atoms with Gasteiger partial charge < -0.3 is 15.7 Å². The zero-order valence-electron chi connectivity index (χ0n) is 11.0. The van der Waals surface area contributed by atoms with Crippen LogP contribution in [0, 0.1) is 0 Å². The quantitative estimate of drug-likeness (QED) is 0.665. The van der Waals surface area contributed by atoms with Crippen molar-refractivity contribution < 1.29 is 19.5 Å². The number of hydrogen-bond donors (Lipinski definition) is 3. The number of carboxylic acid groups (broad SMARTS) is 1. The minimum absolute atomic E-state index is 0.138. The van der Waals surface area contributed by atoms with E-state index in [0.717, 1.165) is 0 Å². The minimum atomic E-state index is -1.00. The Kier molecular flexibility index (Phi) is 5.94. The number of hydrogen-bond acceptors (Lipinski definition) is 4. The van der Waals surface area contributed by atoms with Gasteiger partial charge >= 0.3 is 12.0 Å². The number of thioether (sulfide) groups is 1. The number of amides is 3. The number of aliphatic carboxylic acids is 1. The van der Waals surface area contributed by atoms with Crippen molar-refractivity contribution in [1.29, 1.82) is 0 Å². The minimum Gasteiger partial charge on any atom is -0.480 e. The van der Waals surface area contributed by atoms with Crippen LogP contribution in [0.2, 0.25) is 0 Å². The maximum Gasteiger partial charge on any atom is 0.327 e. The predicted octanol–water partition coefficient (Wildman–Crippen LogP) is 0.0702. The van der Waals surface area contributed by atoms with E-state index in [1.54, 1.807) is 6.92 Å². The van der Waals surface area contributed by atoms with E-state index in [1.165, 1.54) is 16.7 Å². The number of rotatable bonds is 5. The van der Waals surface area contributed by atoms with Gasteiger partial charge in [0, 0.05) is 25.3 Å². The van der Waals surface area contributed by atoms with Crippen molar-refractivity contribution in [3.05, 3.63) is 0 Å². The van der Waals surface area contributed by atoms with Crippen molar-refractivity contribution >= 4 is 29.7 Å². The Hall–Kier alpha value is -1.44. The monoisotopic (exact) mass is 289 g/mol. The molecule has 19 heavy (non-hydrogen) atoms. The average Bonchev–Trinajstić information content (AvgIpc) is 2.71. The lowest BCUT2D eigenvalue weighted by atomic mass is 10.3. The van der Waals surface area contributed by atoms with E-state index in [1.807, 2.05) is 6.92 Å². The summed E-state index contributed by atoms with van der Waals surface area (Å²) in [6, 6.07) is -1.24. The molecule has 7 nitrogen and oxygen atoms in total. The number of carbonyl (C=O) groups is 3. The van der Waals surface area contributed by atoms with Crippen LogP contribution in [-0.4, -0.2) is 58.2 Å². The third-order valence-corrected chi connectivity index (χ3v) is 3.96. The molecular formula is C11H19N3O4S. The summed E-state index contributed by atoms with van der Waals surface area (Å²) in [7, 11) is 0. The molecule has 1 rings (SSSR count). The summed E-state index contributed by atoms with van der Waals surface area (Å²) < 4.78 is 0. The Morgan fingerprint density at radius 2 is 2.05 bits per heavy atom. The second-order valence-corrected chi connectivity index (χ2v) is 5.48. The second kappa shape index (κ2) is 7.22. The van der Waals surface area contributed by atoms with Crippen LogP contribution in [0.1, 0.15) is 20.3 Å². The van der Waals surface area contributed by atoms with Gasteiger partial charge in [0.2, 0.25) is 5.91 Å². The van der Waals surface area contributed by atoms with Crippen molar-refractivity contribution in [2.45, 2.75) is 31.7 Å². The fraction of sp³-hybridized carbons (Fsp3) is 0.727. The van der Waals surface area contributed by atoms with Gasteiger partial charge in [-0.1, -0.05) is 0 Å². The van der Waals surface area contributed by atoms with E-state index >= 15 is 0 Å². The molecule has 8 heteroatoms. The SMILES string of the molecule is CCNC(=O)CCNC(=O)N1C(C)SCC1C(=O)O. The van der Waals surface area contributed by atoms with E-state index < -0.39 is 18.0 Å². The summed E-state index contributed by atoms with van der Waals surface area (Å²) in [5.41, 5.74) is 0. The summed E-state index contributed by atoms with van der Waals surface area (Å²) in [5.74, 6) is -0.752. The van der Waals surface area contributed by atoms with Gasteiger partial charge in [0.15, 0.2) is 0 Å². The summed E-state index contributed by atoms with van der Waals surface area (Å²) in [5, 5.41) is 14.1. The fourth-order valence-electron chi connectivity index (χ4n) is 1.80. The van der Waals surface area contributed by atoms with E-state index in [9.17, 15) is 14.4 Å². The van der Waals surface area contributed by atoms with Gasteiger partial charge in [0.05, 0.1) is 5.37 Å². The average molecular weight is 289 g/mol. The molecule has 0 aromatic heterocycles. The van der Waals surface area contributed by atoms with Gasteiger partial charge in [-0.25, -0.2) is 9.59 Å². The molecule has 0 aromatic rings. The molecule has 1 aliphatic rings. The summed E-state index contributed by atoms with van der Waals surface area (Å²) in [6.07, 6.45) is 0.187. The van der Waals surface area contributed by atoms with E-state index in [0.29, 0.717) is 12.3 Å². The summed E-state index contributed by atoms with van der Waals surface area (Å²) in [4.78, 5) is 35.5. The third-order valence-electron chi connectivity index (χ3n) is 2.74. The lowest BCUT2D eigenvalue weighted by Gasteiger charge is -2.25. The molecule has 1 aliphatic heterocycles. The van der Waals surface area contributed by atoms with Crippen molar-refractivity contribution in [3.8, 4) is 0 Å². The Morgan fingerprint density at radius 1 is 1.37 bits per heavy atom. The van der Waals surface area contributed by atoms with Gasteiger partial charge in [-0.3, -0.25) is 9.69 Å². The van der Waals surface area contributed by atoms with Crippen LogP contribution < -0.4 is 10.6 Å². The highest BCUT2D eigenvalue weighted by molar-refractivity contribution is 8.00. The van der Waals surface area contributed by atoms with E-state index in [-0.39, 0.29) is 24.2 Å². The molecule has 108 valence electrons. The Morgan fingerprint density at radius 3 is 2.63 bits per heavy atom. The molecule has 0 spiro atoms. The lowest BCUT2D eigenvalue weighted by molar-refractivity contribution is -0.141. The number of nitrogens with one attached hydrogen (secondary N) is 2. The first-order chi connectivity index (χ1) is 8.97. The zero-order valence-corrected chi connectivity index (χ0v) is 11.8. The number of carboxylic acids is 1. The Balaban J connectivity index is 2.43. The molecule has 0 aliphatic carbocycles. The maximum atomic E-state index is 11.9. The molecular weight excluding hydrogens is 270 g/mol. The van der Waals surface area contributed by atoms with Crippen LogP contribution in [0.4, 0.5) is 4.79 Å². The van der Waals surface area contributed by atoms with E-state index in [2.05, 4.69) is 10.6 Å². The zero-order chi connectivity index (χ0) is 14.4. The van der Waals surface area contributed by atoms with Gasteiger partial charge in [-0.05, 0) is 13.8 Å². The van der Waals surface area contributed by atoms with Gasteiger partial charge in [-0.15, -0.1) is 11.8 Å². The maximum absolute atomic E-state index is 11.9. The molecule has 2 atom stereocenters. The smallest absolute Gasteiger partial charge is 0.327 e. The number of nitrogens with zero attached hydrogens (tertiary/aromatic N) is 1. The molecule has 3 amide bonds. The first-order valence-electron chi connectivity index (χ1n) is 6.14. The molecule has 1 heterocycles. The highest BCUT2D eigenvalue weighted by Crippen LogP contribution is 2.28. The van der Waals surface area contributed by atoms with Crippen molar-refractivity contribution in [3.63, 3.8) is 0 Å². The molecule has 2 unspecified atom stereocenters. The largest absolute Gasteiger partial charge is 0.480 e. The standard InChI is InChI=1S/C11H19N3O4S/c1-3-12-9(15)4-5-13-11(18)14-7(2)19-6-8(14)10(16)17/h7-8H,3-6H2,1-2H3,(H,12,15)(H,13,18)(H,16,17). The molecule has 1 saturated heterocycles. The second-order valence-electron chi connectivity index (χ2n) is 4.13. The van der Waals surface area contributed by atoms with Gasteiger partial charge in [-0.2, -0.15) is 0 Å². The third kappa shape index (κ3) is 4.30. The van der Waals surface area contributed by atoms with Gasteiger partial charge in [0.1, 0.15) is 6.04 Å². The van der Waals surface area contributed by atoms with Crippen LogP contribution in [-0.2, 0) is 9.59 Å². The molecule has 0 saturated carbocycles. The Labute approximate surface area is 116 Å². The topological polar surface area (TPSA) is 98.7 Å². The highest BCUT2D eigenvalue weighted by Gasteiger charge is 2.39. The molecule has 0 aromatic carbocycles. The first-order valence-corrected chi connectivity index (χ1v) is 7.19. The van der Waals surface area contributed by atoms with Crippen LogP contribution in [0.15, 0.2) is 0 Å². The first kappa shape index (κ1) is 15.6. The predicted molar refractivity (Wildman–Crippen MR) is 71.9 cm³/mol. The summed E-state index contributed by atoms with van der Waals surface area (Å²) >= 11 is 1.42. The van der Waals surface area contributed by atoms with Crippen molar-refractivity contribution in [2.24, 2.45) is 0 Å². The van der Waals surface area contributed by atoms with Crippen LogP contribution in [0.25, 0.3) is 0 Å². The summed E-state index contributed by atoms with van der Waals surface area (Å²) in [6.45, 7) is 4.35. The molecule has 0 radical (unpaired) electrons. The van der Waals surface area contributed by atoms with Gasteiger partial charge in [0.25, 0.3) is 0 Å². The number of urea groups is 1. The molecule has 3 N–H and O–H groups in total. The van der Waals surface area contributed by atoms with Crippen LogP contribution in [0.5, 0.6) is 0 Å². The fourth-order valence-corrected chi connectivity index (χ4v) is 2.97.